The molecule has 1 aromatic heterocycles. The van der Waals surface area contributed by atoms with E-state index >= 15 is 0 Å². The number of rotatable bonds is 3. The largest absolute Gasteiger partial charge is 0.465 e. The van der Waals surface area contributed by atoms with Crippen molar-refractivity contribution in [3.8, 4) is 0 Å². The zero-order valence-electron chi connectivity index (χ0n) is 18.9. The third-order valence-electron chi connectivity index (χ3n) is 8.20. The number of ether oxygens (including phenoxy) is 1. The van der Waals surface area contributed by atoms with Gasteiger partial charge >= 0.3 is 12.1 Å². The van der Waals surface area contributed by atoms with Crippen molar-refractivity contribution in [1.82, 2.24) is 14.8 Å². The molecule has 1 spiro atoms. The summed E-state index contributed by atoms with van der Waals surface area (Å²) in [5.74, 6) is 0.106. The van der Waals surface area contributed by atoms with E-state index < -0.39 is 17.1 Å². The molecule has 1 atom stereocenters. The number of hydrogen-bond acceptors (Lipinski definition) is 5. The summed E-state index contributed by atoms with van der Waals surface area (Å²) in [5, 5.41) is 9.16. The molecule has 1 unspecified atom stereocenters. The quantitative estimate of drug-likeness (QED) is 0.705. The van der Waals surface area contributed by atoms with Gasteiger partial charge in [-0.05, 0) is 48.8 Å². The Morgan fingerprint density at radius 3 is 2.41 bits per heavy atom. The third-order valence-corrected chi connectivity index (χ3v) is 8.20. The molecule has 8 heteroatoms. The fourth-order valence-corrected chi connectivity index (χ4v) is 6.03. The minimum absolute atomic E-state index is 0.116. The number of carbonyl (C=O) groups is 3. The first-order valence-electron chi connectivity index (χ1n) is 12.0. The molecule has 3 aliphatic heterocycles. The Labute approximate surface area is 197 Å². The number of esters is 1. The molecule has 34 heavy (non-hydrogen) atoms. The van der Waals surface area contributed by atoms with E-state index in [1.807, 2.05) is 11.0 Å². The van der Waals surface area contributed by atoms with Crippen LogP contribution in [0.4, 0.5) is 4.79 Å². The lowest BCUT2D eigenvalue weighted by Gasteiger charge is -2.30. The maximum atomic E-state index is 13.7. The molecule has 3 fully saturated rings. The van der Waals surface area contributed by atoms with E-state index in [4.69, 9.17) is 9.84 Å². The lowest BCUT2D eigenvalue weighted by atomic mass is 9.86. The van der Waals surface area contributed by atoms with E-state index in [2.05, 4.69) is 29.2 Å². The van der Waals surface area contributed by atoms with Crippen LogP contribution in [0.3, 0.4) is 0 Å². The zero-order chi connectivity index (χ0) is 23.5. The van der Waals surface area contributed by atoms with Gasteiger partial charge in [-0.1, -0.05) is 24.3 Å². The first kappa shape index (κ1) is 21.1. The van der Waals surface area contributed by atoms with Gasteiger partial charge in [-0.3, -0.25) is 9.78 Å². The Morgan fingerprint density at radius 1 is 1.00 bits per heavy atom. The summed E-state index contributed by atoms with van der Waals surface area (Å²) in [5.41, 5.74) is 2.35. The minimum atomic E-state index is -0.848. The fraction of sp³-hybridized carbons (Fsp3) is 0.462. The molecule has 1 aliphatic carbocycles. The number of nitrogens with zero attached hydrogens (tertiary/aromatic N) is 3. The molecule has 4 heterocycles. The molecule has 1 N–H and O–H groups in total. The van der Waals surface area contributed by atoms with E-state index in [0.717, 1.165) is 36.8 Å². The van der Waals surface area contributed by atoms with Gasteiger partial charge in [0.15, 0.2) is 5.60 Å². The summed E-state index contributed by atoms with van der Waals surface area (Å²) < 4.78 is 5.79. The molecule has 2 saturated heterocycles. The average Bonchev–Trinajstić information content (AvgIpc) is 3.50. The van der Waals surface area contributed by atoms with Crippen LogP contribution in [0.25, 0.3) is 0 Å². The summed E-state index contributed by atoms with van der Waals surface area (Å²) in [6.07, 6.45) is 6.26. The standard InChI is InChI=1S/C26H27N3O5/c30-22-20-15-27-11-5-21(20)26(34-22)10-14-29(16-26)23(31)25(8-9-25)19-3-1-17(2-4-19)18-6-12-28(13-7-18)24(32)33/h1-5,11,15,18H,6-10,12-14,16H2,(H,32,33). The van der Waals surface area contributed by atoms with Crippen LogP contribution in [-0.2, 0) is 20.5 Å². The van der Waals surface area contributed by atoms with Gasteiger partial charge in [-0.25, -0.2) is 9.59 Å². The van der Waals surface area contributed by atoms with Crippen LogP contribution in [0, 0.1) is 0 Å². The maximum absolute atomic E-state index is 13.7. The highest BCUT2D eigenvalue weighted by Crippen LogP contribution is 2.52. The molecule has 8 nitrogen and oxygen atoms in total. The van der Waals surface area contributed by atoms with E-state index in [0.29, 0.717) is 44.1 Å². The first-order chi connectivity index (χ1) is 16.4. The number of pyridine rings is 1. The van der Waals surface area contributed by atoms with Crippen LogP contribution in [0.1, 0.15) is 65.1 Å². The lowest BCUT2D eigenvalue weighted by molar-refractivity contribution is -0.134. The van der Waals surface area contributed by atoms with Crippen LogP contribution in [0.15, 0.2) is 42.7 Å². The molecule has 1 saturated carbocycles. The molecular weight excluding hydrogens is 434 g/mol. The molecule has 6 rings (SSSR count). The number of fused-ring (bicyclic) bond motifs is 2. The Morgan fingerprint density at radius 2 is 1.74 bits per heavy atom. The lowest BCUT2D eigenvalue weighted by Crippen LogP contribution is -2.40. The van der Waals surface area contributed by atoms with Gasteiger partial charge in [0.2, 0.25) is 5.91 Å². The van der Waals surface area contributed by atoms with Crippen molar-refractivity contribution in [3.63, 3.8) is 0 Å². The monoisotopic (exact) mass is 461 g/mol. The predicted octanol–water partition coefficient (Wildman–Crippen LogP) is 3.27. The van der Waals surface area contributed by atoms with E-state index in [1.165, 1.54) is 10.5 Å². The number of aromatic nitrogens is 1. The van der Waals surface area contributed by atoms with Crippen molar-refractivity contribution >= 4 is 18.0 Å². The SMILES string of the molecule is O=C1OC2(CCN(C(=O)C3(c4ccc(C5CCN(C(=O)O)CC5)cc4)CC3)C2)c2ccncc21. The average molecular weight is 462 g/mol. The van der Waals surface area contributed by atoms with Crippen molar-refractivity contribution < 1.29 is 24.2 Å². The van der Waals surface area contributed by atoms with Gasteiger partial charge in [-0.2, -0.15) is 0 Å². The molecule has 176 valence electrons. The van der Waals surface area contributed by atoms with Crippen molar-refractivity contribution in [3.05, 3.63) is 65.0 Å². The van der Waals surface area contributed by atoms with Gasteiger partial charge < -0.3 is 19.6 Å². The van der Waals surface area contributed by atoms with Gasteiger partial charge in [-0.15, -0.1) is 0 Å². The molecule has 2 aromatic rings. The highest BCUT2D eigenvalue weighted by atomic mass is 16.6. The van der Waals surface area contributed by atoms with Gasteiger partial charge in [0, 0.05) is 44.0 Å². The highest BCUT2D eigenvalue weighted by molar-refractivity contribution is 5.95. The van der Waals surface area contributed by atoms with Crippen molar-refractivity contribution in [1.29, 1.82) is 0 Å². The van der Waals surface area contributed by atoms with Crippen LogP contribution >= 0.6 is 0 Å². The summed E-state index contributed by atoms with van der Waals surface area (Å²) in [4.78, 5) is 44.6. The number of hydrogen-bond donors (Lipinski definition) is 1. The Kier molecular flexibility index (Phi) is 4.69. The minimum Gasteiger partial charge on any atom is -0.465 e. The number of likely N-dealkylation sites (tertiary alicyclic amines) is 2. The highest BCUT2D eigenvalue weighted by Gasteiger charge is 2.57. The molecule has 0 bridgehead atoms. The molecular formula is C26H27N3O5. The molecule has 4 aliphatic rings. The predicted molar refractivity (Wildman–Crippen MR) is 121 cm³/mol. The third kappa shape index (κ3) is 3.19. The number of carbonyl (C=O) groups excluding carboxylic acids is 2. The molecule has 1 aromatic carbocycles. The second-order valence-corrected chi connectivity index (χ2v) is 10.0. The summed E-state index contributed by atoms with van der Waals surface area (Å²) in [6.45, 7) is 2.07. The van der Waals surface area contributed by atoms with Crippen LogP contribution in [-0.4, -0.2) is 64.0 Å². The normalized spacial score (nSPS) is 25.4. The van der Waals surface area contributed by atoms with Gasteiger partial charge in [0.25, 0.3) is 0 Å². The smallest absolute Gasteiger partial charge is 0.407 e. The van der Waals surface area contributed by atoms with Crippen LogP contribution < -0.4 is 0 Å². The Bertz CT molecular complexity index is 1170. The van der Waals surface area contributed by atoms with E-state index in [9.17, 15) is 14.4 Å². The Balaban J connectivity index is 1.16. The fourth-order valence-electron chi connectivity index (χ4n) is 6.03. The van der Waals surface area contributed by atoms with Crippen molar-refractivity contribution in [2.45, 2.75) is 49.0 Å². The number of amides is 2. The van der Waals surface area contributed by atoms with E-state index in [-0.39, 0.29) is 11.9 Å². The van der Waals surface area contributed by atoms with Crippen LogP contribution in [0.2, 0.25) is 0 Å². The maximum Gasteiger partial charge on any atom is 0.407 e. The zero-order valence-corrected chi connectivity index (χ0v) is 18.9. The second kappa shape index (κ2) is 7.55. The number of carboxylic acid groups (broad SMARTS) is 1. The van der Waals surface area contributed by atoms with Crippen molar-refractivity contribution in [2.24, 2.45) is 0 Å². The van der Waals surface area contributed by atoms with Crippen molar-refractivity contribution in [2.75, 3.05) is 26.2 Å². The number of benzene rings is 1. The molecule has 0 radical (unpaired) electrons. The summed E-state index contributed by atoms with van der Waals surface area (Å²) >= 11 is 0. The Hall–Kier alpha value is -3.42. The van der Waals surface area contributed by atoms with Crippen LogP contribution in [0.5, 0.6) is 0 Å². The van der Waals surface area contributed by atoms with Gasteiger partial charge in [0.05, 0.1) is 17.5 Å². The van der Waals surface area contributed by atoms with E-state index in [1.54, 1.807) is 12.4 Å². The topological polar surface area (TPSA) is 100 Å². The summed E-state index contributed by atoms with van der Waals surface area (Å²) in [7, 11) is 0. The summed E-state index contributed by atoms with van der Waals surface area (Å²) in [6, 6.07) is 10.2. The second-order valence-electron chi connectivity index (χ2n) is 10.0. The van der Waals surface area contributed by atoms with Gasteiger partial charge in [0.1, 0.15) is 0 Å². The molecule has 2 amide bonds. The number of piperidine rings is 1. The first-order valence-corrected chi connectivity index (χ1v) is 12.0.